The van der Waals surface area contributed by atoms with Crippen LogP contribution in [0.3, 0.4) is 0 Å². The van der Waals surface area contributed by atoms with E-state index >= 15 is 0 Å². The molecule has 0 radical (unpaired) electrons. The molecule has 0 fully saturated rings. The van der Waals surface area contributed by atoms with Crippen molar-refractivity contribution in [3.8, 4) is 0 Å². The van der Waals surface area contributed by atoms with Crippen LogP contribution >= 0.6 is 11.3 Å². The number of anilines is 3. The molecule has 2 aromatic heterocycles. The first-order valence-corrected chi connectivity index (χ1v) is 9.34. The average Bonchev–Trinajstić information content (AvgIpc) is 3.24. The molecule has 0 aliphatic rings. The van der Waals surface area contributed by atoms with E-state index in [1.165, 1.54) is 0 Å². The number of ketones is 1. The Morgan fingerprint density at radius 3 is 2.46 bits per heavy atom. The summed E-state index contributed by atoms with van der Waals surface area (Å²) in [6.07, 6.45) is 0. The van der Waals surface area contributed by atoms with Crippen LogP contribution in [0.4, 0.5) is 16.4 Å². The molecule has 0 atom stereocenters. The van der Waals surface area contributed by atoms with E-state index in [4.69, 9.17) is 15.9 Å². The van der Waals surface area contributed by atoms with E-state index in [1.54, 1.807) is 12.1 Å². The fraction of sp³-hybridized carbons (Fsp3) is 0.0476. The smallest absolute Gasteiger partial charge is 0.253 e. The normalized spacial score (nSPS) is 10.9. The van der Waals surface area contributed by atoms with Crippen molar-refractivity contribution in [1.29, 1.82) is 0 Å². The number of fused-ring (bicyclic) bond motifs is 1. The topological polar surface area (TPSA) is 111 Å². The van der Waals surface area contributed by atoms with Crippen LogP contribution in [0.5, 0.6) is 0 Å². The number of aryl methyl sites for hydroxylation is 1. The van der Waals surface area contributed by atoms with E-state index in [0.717, 1.165) is 28.0 Å². The van der Waals surface area contributed by atoms with Gasteiger partial charge in [0.15, 0.2) is 5.76 Å². The molecule has 140 valence electrons. The van der Waals surface area contributed by atoms with Gasteiger partial charge in [-0.25, -0.2) is 0 Å². The number of benzene rings is 2. The van der Waals surface area contributed by atoms with E-state index in [2.05, 4.69) is 5.32 Å². The van der Waals surface area contributed by atoms with Gasteiger partial charge < -0.3 is 21.2 Å². The molecule has 0 aliphatic carbocycles. The third-order valence-electron chi connectivity index (χ3n) is 4.36. The minimum atomic E-state index is -0.702. The van der Waals surface area contributed by atoms with Crippen molar-refractivity contribution < 1.29 is 14.0 Å². The zero-order valence-corrected chi connectivity index (χ0v) is 15.8. The van der Waals surface area contributed by atoms with Crippen LogP contribution in [0.15, 0.2) is 59.0 Å². The van der Waals surface area contributed by atoms with Crippen LogP contribution in [0.2, 0.25) is 0 Å². The predicted octanol–water partition coefficient (Wildman–Crippen LogP) is 4.46. The minimum absolute atomic E-state index is 0.0533. The second-order valence-corrected chi connectivity index (χ2v) is 7.40. The van der Waals surface area contributed by atoms with Crippen molar-refractivity contribution in [1.82, 2.24) is 0 Å². The van der Waals surface area contributed by atoms with Gasteiger partial charge in [0.2, 0.25) is 5.78 Å². The van der Waals surface area contributed by atoms with Gasteiger partial charge in [0.05, 0.1) is 11.3 Å². The Morgan fingerprint density at radius 1 is 1.07 bits per heavy atom. The number of hydrogen-bond acceptors (Lipinski definition) is 6. The minimum Gasteiger partial charge on any atom is -0.453 e. The number of carbonyl (C=O) groups is 2. The molecule has 0 aliphatic heterocycles. The molecular formula is C21H17N3O3S. The second-order valence-electron chi connectivity index (χ2n) is 6.38. The Kier molecular flexibility index (Phi) is 4.37. The summed E-state index contributed by atoms with van der Waals surface area (Å²) in [6.45, 7) is 1.98. The zero-order valence-electron chi connectivity index (χ0n) is 15.0. The third-order valence-corrected chi connectivity index (χ3v) is 5.48. The van der Waals surface area contributed by atoms with Gasteiger partial charge in [-0.05, 0) is 31.2 Å². The Morgan fingerprint density at radius 2 is 1.79 bits per heavy atom. The molecule has 2 heterocycles. The molecule has 0 saturated carbocycles. The molecule has 0 saturated heterocycles. The summed E-state index contributed by atoms with van der Waals surface area (Å²) in [7, 11) is 0. The lowest BCUT2D eigenvalue weighted by Gasteiger charge is -2.06. The summed E-state index contributed by atoms with van der Waals surface area (Å²) in [4.78, 5) is 25.2. The zero-order chi connectivity index (χ0) is 19.8. The number of nitrogens with one attached hydrogen (secondary N) is 1. The summed E-state index contributed by atoms with van der Waals surface area (Å²) in [5.41, 5.74) is 14.3. The fourth-order valence-corrected chi connectivity index (χ4v) is 4.01. The molecule has 1 amide bonds. The van der Waals surface area contributed by atoms with Crippen LogP contribution in [0, 0.1) is 6.92 Å². The van der Waals surface area contributed by atoms with Gasteiger partial charge in [-0.15, -0.1) is 11.3 Å². The molecule has 0 unspecified atom stereocenters. The molecule has 0 spiro atoms. The Labute approximate surface area is 164 Å². The molecule has 7 heteroatoms. The Bertz CT molecular complexity index is 1170. The maximum absolute atomic E-state index is 13.0. The maximum atomic E-state index is 13.0. The SMILES string of the molecule is Cc1ccc(Nc2sc(C(=O)c3cc4ccccc4o3)c(N)c2C(N)=O)cc1. The number of furan rings is 1. The van der Waals surface area contributed by atoms with Gasteiger partial charge in [-0.2, -0.15) is 0 Å². The first-order chi connectivity index (χ1) is 13.4. The number of thiophene rings is 1. The van der Waals surface area contributed by atoms with Crippen LogP contribution in [-0.4, -0.2) is 11.7 Å². The van der Waals surface area contributed by atoms with Crippen molar-refractivity contribution in [3.63, 3.8) is 0 Å². The quantitative estimate of drug-likeness (QED) is 0.435. The lowest BCUT2D eigenvalue weighted by atomic mass is 10.1. The number of amides is 1. The fourth-order valence-electron chi connectivity index (χ4n) is 2.92. The molecule has 2 aromatic carbocycles. The van der Waals surface area contributed by atoms with Crippen LogP contribution < -0.4 is 16.8 Å². The highest BCUT2D eigenvalue weighted by atomic mass is 32.1. The first kappa shape index (κ1) is 17.8. The second kappa shape index (κ2) is 6.86. The van der Waals surface area contributed by atoms with Crippen molar-refractivity contribution in [2.45, 2.75) is 6.92 Å². The largest absolute Gasteiger partial charge is 0.453 e. The molecule has 4 aromatic rings. The molecule has 0 bridgehead atoms. The van der Waals surface area contributed by atoms with Crippen molar-refractivity contribution in [3.05, 3.63) is 76.4 Å². The summed E-state index contributed by atoms with van der Waals surface area (Å²) >= 11 is 1.08. The van der Waals surface area contributed by atoms with Gasteiger partial charge in [-0.3, -0.25) is 9.59 Å². The van der Waals surface area contributed by atoms with Crippen molar-refractivity contribution in [2.24, 2.45) is 5.73 Å². The predicted molar refractivity (Wildman–Crippen MR) is 111 cm³/mol. The number of rotatable bonds is 5. The standard InChI is InChI=1S/C21H17N3O3S/c1-11-6-8-13(9-7-11)24-21-16(20(23)26)17(22)19(28-21)18(25)15-10-12-4-2-3-5-14(12)27-15/h2-10,24H,22H2,1H3,(H2,23,26). The summed E-state index contributed by atoms with van der Waals surface area (Å²) in [5.74, 6) is -0.933. The number of para-hydroxylation sites is 1. The number of carbonyl (C=O) groups excluding carboxylic acids is 2. The Balaban J connectivity index is 1.75. The molecular weight excluding hydrogens is 374 g/mol. The van der Waals surface area contributed by atoms with Gasteiger partial charge in [-0.1, -0.05) is 35.9 Å². The first-order valence-electron chi connectivity index (χ1n) is 8.53. The molecule has 6 nitrogen and oxygen atoms in total. The van der Waals surface area contributed by atoms with E-state index in [9.17, 15) is 9.59 Å². The highest BCUT2D eigenvalue weighted by molar-refractivity contribution is 7.19. The van der Waals surface area contributed by atoms with Crippen LogP contribution in [0.1, 0.15) is 31.4 Å². The summed E-state index contributed by atoms with van der Waals surface area (Å²) < 4.78 is 5.65. The van der Waals surface area contributed by atoms with Crippen LogP contribution in [-0.2, 0) is 0 Å². The van der Waals surface area contributed by atoms with E-state index in [-0.39, 0.29) is 21.9 Å². The number of nitrogens with two attached hydrogens (primary N) is 2. The number of primary amides is 1. The van der Waals surface area contributed by atoms with Crippen LogP contribution in [0.25, 0.3) is 11.0 Å². The molecule has 5 N–H and O–H groups in total. The highest BCUT2D eigenvalue weighted by Gasteiger charge is 2.27. The number of nitrogen functional groups attached to an aromatic ring is 1. The number of hydrogen-bond donors (Lipinski definition) is 3. The van der Waals surface area contributed by atoms with E-state index < -0.39 is 11.7 Å². The van der Waals surface area contributed by atoms with Crippen molar-refractivity contribution in [2.75, 3.05) is 11.1 Å². The van der Waals surface area contributed by atoms with Crippen molar-refractivity contribution >= 4 is 50.4 Å². The van der Waals surface area contributed by atoms with Gasteiger partial charge in [0.25, 0.3) is 5.91 Å². The molecule has 28 heavy (non-hydrogen) atoms. The molecule has 4 rings (SSSR count). The average molecular weight is 391 g/mol. The van der Waals surface area contributed by atoms with Gasteiger partial charge >= 0.3 is 0 Å². The lowest BCUT2D eigenvalue weighted by molar-refractivity contribution is 0.100. The van der Waals surface area contributed by atoms with Gasteiger partial charge in [0, 0.05) is 11.1 Å². The van der Waals surface area contributed by atoms with E-state index in [0.29, 0.717) is 10.6 Å². The Hall–Kier alpha value is -3.58. The summed E-state index contributed by atoms with van der Waals surface area (Å²) in [6, 6.07) is 16.6. The maximum Gasteiger partial charge on any atom is 0.253 e. The third kappa shape index (κ3) is 3.12. The van der Waals surface area contributed by atoms with E-state index in [1.807, 2.05) is 49.4 Å². The highest BCUT2D eigenvalue weighted by Crippen LogP contribution is 2.39. The van der Waals surface area contributed by atoms with Gasteiger partial charge in [0.1, 0.15) is 15.5 Å². The lowest BCUT2D eigenvalue weighted by Crippen LogP contribution is -2.14. The summed E-state index contributed by atoms with van der Waals surface area (Å²) in [5, 5.41) is 4.37. The monoisotopic (exact) mass is 391 g/mol.